The maximum Gasteiger partial charge on any atom is 0.315 e. The minimum atomic E-state index is -0.327. The van der Waals surface area contributed by atoms with Gasteiger partial charge in [0.05, 0.1) is 6.61 Å². The van der Waals surface area contributed by atoms with Crippen molar-refractivity contribution in [3.63, 3.8) is 0 Å². The Labute approximate surface area is 120 Å². The zero-order valence-corrected chi connectivity index (χ0v) is 12.2. The van der Waals surface area contributed by atoms with E-state index in [4.69, 9.17) is 9.47 Å². The Kier molecular flexibility index (Phi) is 4.46. The molecule has 5 nitrogen and oxygen atoms in total. The summed E-state index contributed by atoms with van der Waals surface area (Å²) in [5, 5.41) is 5.98. The molecule has 0 aromatic rings. The largest absolute Gasteiger partial charge is 0.347 e. The minimum absolute atomic E-state index is 0.00482. The molecule has 1 aliphatic heterocycles. The number of hydrogen-bond acceptors (Lipinski definition) is 3. The molecule has 2 N–H and O–H groups in total. The van der Waals surface area contributed by atoms with Crippen molar-refractivity contribution in [1.82, 2.24) is 10.6 Å². The van der Waals surface area contributed by atoms with Gasteiger partial charge in [0.25, 0.3) is 0 Å². The van der Waals surface area contributed by atoms with Gasteiger partial charge in [0.15, 0.2) is 5.79 Å². The molecule has 2 aliphatic carbocycles. The van der Waals surface area contributed by atoms with E-state index >= 15 is 0 Å². The lowest BCUT2D eigenvalue weighted by Gasteiger charge is -2.24. The number of carbonyl (C=O) groups is 1. The van der Waals surface area contributed by atoms with E-state index in [1.807, 2.05) is 0 Å². The molecular weight excluding hydrogens is 256 g/mol. The second kappa shape index (κ2) is 6.31. The van der Waals surface area contributed by atoms with E-state index in [1.54, 1.807) is 0 Å². The summed E-state index contributed by atoms with van der Waals surface area (Å²) in [4.78, 5) is 11.9. The predicted octanol–water partition coefficient (Wildman–Crippen LogP) is 2.30. The molecular formula is C15H26N2O3. The fraction of sp³-hybridized carbons (Fsp3) is 0.933. The highest BCUT2D eigenvalue weighted by atomic mass is 16.7. The number of rotatable bonds is 3. The number of urea groups is 1. The van der Waals surface area contributed by atoms with Crippen molar-refractivity contribution in [2.24, 2.45) is 0 Å². The summed E-state index contributed by atoms with van der Waals surface area (Å²) < 4.78 is 11.8. The molecule has 3 aliphatic rings. The van der Waals surface area contributed by atoms with Crippen molar-refractivity contribution in [1.29, 1.82) is 0 Å². The van der Waals surface area contributed by atoms with Crippen molar-refractivity contribution in [2.75, 3.05) is 13.2 Å². The van der Waals surface area contributed by atoms with Crippen LogP contribution in [-0.4, -0.2) is 37.1 Å². The zero-order valence-electron chi connectivity index (χ0n) is 12.2. The summed E-state index contributed by atoms with van der Waals surface area (Å²) in [6.45, 7) is 1.14. The Morgan fingerprint density at radius 2 is 1.85 bits per heavy atom. The van der Waals surface area contributed by atoms with Gasteiger partial charge >= 0.3 is 6.03 Å². The van der Waals surface area contributed by atoms with Gasteiger partial charge < -0.3 is 20.1 Å². The maximum atomic E-state index is 11.9. The second-order valence-corrected chi connectivity index (χ2v) is 6.36. The summed E-state index contributed by atoms with van der Waals surface area (Å²) in [5.74, 6) is -0.327. The summed E-state index contributed by atoms with van der Waals surface area (Å²) in [7, 11) is 0. The van der Waals surface area contributed by atoms with Crippen molar-refractivity contribution < 1.29 is 14.3 Å². The monoisotopic (exact) mass is 282 g/mol. The smallest absolute Gasteiger partial charge is 0.315 e. The summed E-state index contributed by atoms with van der Waals surface area (Å²) >= 11 is 0. The second-order valence-electron chi connectivity index (χ2n) is 6.36. The molecule has 1 spiro atoms. The van der Waals surface area contributed by atoms with Crippen LogP contribution in [0.25, 0.3) is 0 Å². The van der Waals surface area contributed by atoms with E-state index in [-0.39, 0.29) is 17.9 Å². The van der Waals surface area contributed by atoms with Gasteiger partial charge in [-0.15, -0.1) is 0 Å². The van der Waals surface area contributed by atoms with Gasteiger partial charge in [-0.25, -0.2) is 4.79 Å². The normalized spacial score (nSPS) is 29.7. The molecule has 3 rings (SSSR count). The predicted molar refractivity (Wildman–Crippen MR) is 75.4 cm³/mol. The van der Waals surface area contributed by atoms with Gasteiger partial charge in [-0.05, 0) is 25.7 Å². The number of nitrogens with one attached hydrogen (secondary N) is 2. The first-order valence-electron chi connectivity index (χ1n) is 8.12. The van der Waals surface area contributed by atoms with Crippen molar-refractivity contribution in [2.45, 2.75) is 75.7 Å². The number of hydrogen-bond donors (Lipinski definition) is 2. The lowest BCUT2D eigenvalue weighted by Crippen LogP contribution is -2.45. The third-order valence-electron chi connectivity index (χ3n) is 4.71. The molecule has 1 atom stereocenters. The van der Waals surface area contributed by atoms with Crippen LogP contribution in [0.2, 0.25) is 0 Å². The highest BCUT2D eigenvalue weighted by Gasteiger charge is 2.43. The van der Waals surface area contributed by atoms with Crippen LogP contribution < -0.4 is 10.6 Å². The van der Waals surface area contributed by atoms with Crippen LogP contribution in [-0.2, 0) is 9.47 Å². The van der Waals surface area contributed by atoms with Crippen LogP contribution in [0.4, 0.5) is 4.79 Å². The SMILES string of the molecule is O=C(NCC1COC2(CCCC2)O1)NC1CCCCC1. The van der Waals surface area contributed by atoms with Crippen molar-refractivity contribution in [3.8, 4) is 0 Å². The fourth-order valence-electron chi connectivity index (χ4n) is 3.58. The van der Waals surface area contributed by atoms with Gasteiger partial charge in [-0.2, -0.15) is 0 Å². The summed E-state index contributed by atoms with van der Waals surface area (Å²) in [5.41, 5.74) is 0. The Hall–Kier alpha value is -0.810. The van der Waals surface area contributed by atoms with Crippen LogP contribution in [0, 0.1) is 0 Å². The number of ether oxygens (including phenoxy) is 2. The molecule has 0 aromatic heterocycles. The standard InChI is InChI=1S/C15H26N2O3/c18-14(17-12-6-2-1-3-7-12)16-10-13-11-19-15(20-13)8-4-5-9-15/h12-13H,1-11H2,(H2,16,17,18). The van der Waals surface area contributed by atoms with Gasteiger partial charge in [0.2, 0.25) is 0 Å². The first-order chi connectivity index (χ1) is 9.76. The molecule has 3 fully saturated rings. The average molecular weight is 282 g/mol. The molecule has 2 saturated carbocycles. The van der Waals surface area contributed by atoms with E-state index in [9.17, 15) is 4.79 Å². The number of amides is 2. The molecule has 2 amide bonds. The highest BCUT2D eigenvalue weighted by Crippen LogP contribution is 2.38. The number of carbonyl (C=O) groups excluding carboxylic acids is 1. The van der Waals surface area contributed by atoms with E-state index in [0.29, 0.717) is 19.2 Å². The molecule has 20 heavy (non-hydrogen) atoms. The highest BCUT2D eigenvalue weighted by molar-refractivity contribution is 5.74. The molecule has 1 unspecified atom stereocenters. The molecule has 5 heteroatoms. The third-order valence-corrected chi connectivity index (χ3v) is 4.71. The molecule has 1 heterocycles. The van der Waals surface area contributed by atoms with Crippen molar-refractivity contribution >= 4 is 6.03 Å². The van der Waals surface area contributed by atoms with E-state index < -0.39 is 0 Å². The van der Waals surface area contributed by atoms with Crippen LogP contribution in [0.3, 0.4) is 0 Å². The van der Waals surface area contributed by atoms with E-state index in [2.05, 4.69) is 10.6 Å². The lowest BCUT2D eigenvalue weighted by atomic mass is 9.96. The van der Waals surface area contributed by atoms with Crippen LogP contribution >= 0.6 is 0 Å². The Balaban J connectivity index is 1.35. The molecule has 0 bridgehead atoms. The zero-order chi connectivity index (χ0) is 13.8. The minimum Gasteiger partial charge on any atom is -0.347 e. The molecule has 1 saturated heterocycles. The average Bonchev–Trinajstić information content (AvgIpc) is 3.08. The first-order valence-corrected chi connectivity index (χ1v) is 8.12. The van der Waals surface area contributed by atoms with Crippen molar-refractivity contribution in [3.05, 3.63) is 0 Å². The summed E-state index contributed by atoms with van der Waals surface area (Å²) in [6, 6.07) is 0.290. The Morgan fingerprint density at radius 3 is 2.60 bits per heavy atom. The molecule has 0 aromatic carbocycles. The molecule has 114 valence electrons. The molecule has 0 radical (unpaired) electrons. The topological polar surface area (TPSA) is 59.6 Å². The fourth-order valence-corrected chi connectivity index (χ4v) is 3.58. The van der Waals surface area contributed by atoms with Crippen LogP contribution in [0.15, 0.2) is 0 Å². The Morgan fingerprint density at radius 1 is 1.10 bits per heavy atom. The van der Waals surface area contributed by atoms with Gasteiger partial charge in [-0.3, -0.25) is 0 Å². The van der Waals surface area contributed by atoms with Gasteiger partial charge in [0.1, 0.15) is 6.10 Å². The quantitative estimate of drug-likeness (QED) is 0.835. The van der Waals surface area contributed by atoms with E-state index in [0.717, 1.165) is 25.7 Å². The third kappa shape index (κ3) is 3.44. The maximum absolute atomic E-state index is 11.9. The van der Waals surface area contributed by atoms with Crippen LogP contribution in [0.5, 0.6) is 0 Å². The van der Waals surface area contributed by atoms with Gasteiger partial charge in [-0.1, -0.05) is 19.3 Å². The Bertz CT molecular complexity index is 336. The van der Waals surface area contributed by atoms with Crippen LogP contribution in [0.1, 0.15) is 57.8 Å². The lowest BCUT2D eigenvalue weighted by molar-refractivity contribution is -0.160. The summed E-state index contributed by atoms with van der Waals surface area (Å²) in [6.07, 6.45) is 10.3. The van der Waals surface area contributed by atoms with Gasteiger partial charge in [0, 0.05) is 25.4 Å². The van der Waals surface area contributed by atoms with E-state index in [1.165, 1.54) is 32.1 Å². The first kappa shape index (κ1) is 14.1.